The Labute approximate surface area is 191 Å². The minimum atomic E-state index is -0.584. The molecule has 3 aromatic heterocycles. The van der Waals surface area contributed by atoms with Gasteiger partial charge in [-0.2, -0.15) is 5.10 Å². The van der Waals surface area contributed by atoms with Crippen molar-refractivity contribution in [1.82, 2.24) is 20.1 Å². The van der Waals surface area contributed by atoms with Crippen molar-refractivity contribution in [2.45, 2.75) is 52.6 Å². The smallest absolute Gasteiger partial charge is 0.339 e. The fourth-order valence-corrected chi connectivity index (χ4v) is 3.66. The molecule has 0 fully saturated rings. The maximum Gasteiger partial charge on any atom is 0.339 e. The van der Waals surface area contributed by atoms with Gasteiger partial charge in [-0.15, -0.1) is 0 Å². The number of furan rings is 1. The Morgan fingerprint density at radius 3 is 2.58 bits per heavy atom. The number of nitrogens with one attached hydrogen (secondary N) is 1. The highest BCUT2D eigenvalue weighted by atomic mass is 16.5. The number of nitrogens with zero attached hydrogens (tertiary/aromatic N) is 3. The lowest BCUT2D eigenvalue weighted by molar-refractivity contribution is -0.125. The number of esters is 1. The fourth-order valence-electron chi connectivity index (χ4n) is 3.66. The van der Waals surface area contributed by atoms with E-state index in [0.717, 1.165) is 16.7 Å². The lowest BCUT2D eigenvalue weighted by atomic mass is 10.1. The second-order valence-electron chi connectivity index (χ2n) is 8.72. The Hall–Kier alpha value is -3.68. The minimum Gasteiger partial charge on any atom is -0.459 e. The molecule has 3 heterocycles. The maximum atomic E-state index is 12.9. The molecule has 0 aliphatic heterocycles. The minimum absolute atomic E-state index is 0.0896. The molecule has 33 heavy (non-hydrogen) atoms. The molecular formula is C25H28N4O4. The zero-order valence-electron chi connectivity index (χ0n) is 19.5. The monoisotopic (exact) mass is 448 g/mol. The third kappa shape index (κ3) is 4.60. The first-order chi connectivity index (χ1) is 15.7. The third-order valence-electron chi connectivity index (χ3n) is 5.47. The van der Waals surface area contributed by atoms with Crippen LogP contribution in [-0.2, 0) is 9.53 Å². The molecule has 0 saturated carbocycles. The summed E-state index contributed by atoms with van der Waals surface area (Å²) in [6, 6.07) is 11.0. The van der Waals surface area contributed by atoms with Crippen LogP contribution in [0.25, 0.3) is 22.0 Å². The van der Waals surface area contributed by atoms with Crippen molar-refractivity contribution in [1.29, 1.82) is 0 Å². The van der Waals surface area contributed by atoms with Gasteiger partial charge in [-0.3, -0.25) is 4.79 Å². The first kappa shape index (κ1) is 22.5. The van der Waals surface area contributed by atoms with Gasteiger partial charge in [-0.05, 0) is 44.9 Å². The number of fused-ring (bicyclic) bond motifs is 2. The lowest BCUT2D eigenvalue weighted by Gasteiger charge is -2.13. The van der Waals surface area contributed by atoms with E-state index in [4.69, 9.17) is 9.15 Å². The van der Waals surface area contributed by atoms with Crippen LogP contribution >= 0.6 is 0 Å². The zero-order chi connectivity index (χ0) is 23.7. The molecule has 0 aliphatic rings. The van der Waals surface area contributed by atoms with Crippen LogP contribution in [0.1, 0.15) is 74.4 Å². The van der Waals surface area contributed by atoms with Crippen molar-refractivity contribution in [3.63, 3.8) is 0 Å². The molecule has 1 amide bonds. The van der Waals surface area contributed by atoms with Gasteiger partial charge < -0.3 is 14.5 Å². The van der Waals surface area contributed by atoms with Crippen molar-refractivity contribution in [2.24, 2.45) is 0 Å². The largest absolute Gasteiger partial charge is 0.459 e. The summed E-state index contributed by atoms with van der Waals surface area (Å²) >= 11 is 0. The summed E-state index contributed by atoms with van der Waals surface area (Å²) < 4.78 is 12.9. The van der Waals surface area contributed by atoms with Crippen LogP contribution in [0.4, 0.5) is 0 Å². The molecule has 0 aliphatic carbocycles. The molecular weight excluding hydrogens is 420 g/mol. The number of hydrogen-bond donors (Lipinski definition) is 1. The first-order valence-corrected chi connectivity index (χ1v) is 11.1. The molecule has 8 heteroatoms. The van der Waals surface area contributed by atoms with Gasteiger partial charge in [-0.25, -0.2) is 14.5 Å². The van der Waals surface area contributed by atoms with Crippen molar-refractivity contribution < 1.29 is 18.7 Å². The number of carbonyl (C=O) groups is 2. The normalized spacial score (nSPS) is 12.6. The number of aromatic nitrogens is 3. The Balaban J connectivity index is 1.47. The van der Waals surface area contributed by atoms with Gasteiger partial charge in [0, 0.05) is 17.1 Å². The van der Waals surface area contributed by atoms with E-state index in [1.54, 1.807) is 16.9 Å². The summed E-state index contributed by atoms with van der Waals surface area (Å²) in [6.45, 7) is 9.43. The number of amides is 1. The second kappa shape index (κ2) is 9.05. The van der Waals surface area contributed by atoms with Crippen LogP contribution in [0.3, 0.4) is 0 Å². The fraction of sp³-hybridized carbons (Fsp3) is 0.360. The molecule has 0 radical (unpaired) electrons. The number of hydrogen-bond acceptors (Lipinski definition) is 6. The van der Waals surface area contributed by atoms with Gasteiger partial charge in [0.15, 0.2) is 12.3 Å². The van der Waals surface area contributed by atoms with Crippen LogP contribution in [0.15, 0.2) is 47.0 Å². The molecule has 1 atom stereocenters. The van der Waals surface area contributed by atoms with Crippen molar-refractivity contribution >= 4 is 33.9 Å². The van der Waals surface area contributed by atoms with Crippen molar-refractivity contribution in [3.8, 4) is 0 Å². The van der Waals surface area contributed by atoms with E-state index in [0.29, 0.717) is 22.4 Å². The molecule has 1 unspecified atom stereocenters. The predicted molar refractivity (Wildman–Crippen MR) is 125 cm³/mol. The second-order valence-corrected chi connectivity index (χ2v) is 8.72. The molecule has 1 N–H and O–H groups in total. The van der Waals surface area contributed by atoms with Crippen molar-refractivity contribution in [3.05, 3.63) is 59.6 Å². The Bertz CT molecular complexity index is 1290. The number of rotatable bonds is 7. The van der Waals surface area contributed by atoms with Gasteiger partial charge in [-0.1, -0.05) is 32.0 Å². The van der Waals surface area contributed by atoms with Crippen LogP contribution in [0.5, 0.6) is 0 Å². The Morgan fingerprint density at radius 2 is 1.88 bits per heavy atom. The quantitative estimate of drug-likeness (QED) is 0.403. The van der Waals surface area contributed by atoms with Crippen LogP contribution < -0.4 is 5.32 Å². The topological polar surface area (TPSA) is 99.3 Å². The predicted octanol–water partition coefficient (Wildman–Crippen LogP) is 4.92. The number of benzene rings is 1. The van der Waals surface area contributed by atoms with Crippen LogP contribution in [-0.4, -0.2) is 33.2 Å². The Kier molecular flexibility index (Phi) is 6.18. The van der Waals surface area contributed by atoms with E-state index >= 15 is 0 Å². The van der Waals surface area contributed by atoms with E-state index < -0.39 is 18.5 Å². The maximum absolute atomic E-state index is 12.9. The average Bonchev–Trinajstić information content (AvgIpc) is 3.41. The summed E-state index contributed by atoms with van der Waals surface area (Å²) in [4.78, 5) is 30.0. The van der Waals surface area contributed by atoms with E-state index in [2.05, 4.69) is 15.4 Å². The van der Waals surface area contributed by atoms with E-state index in [1.165, 1.54) is 0 Å². The molecule has 1 aromatic carbocycles. The number of ether oxygens (including phenoxy) is 1. The van der Waals surface area contributed by atoms with Crippen LogP contribution in [0, 0.1) is 0 Å². The van der Waals surface area contributed by atoms with Crippen LogP contribution in [0.2, 0.25) is 0 Å². The van der Waals surface area contributed by atoms with Gasteiger partial charge in [0.2, 0.25) is 0 Å². The Morgan fingerprint density at radius 1 is 1.12 bits per heavy atom. The standard InChI is InChI=1S/C25H28N4O4/c1-14(2)20-11-18(19-12-26-29(15(3)4)24(19)28-20)25(31)32-13-23(30)27-16(5)22-10-17-8-6-7-9-21(17)33-22/h6-12,14-16H,13H2,1-5H3,(H,27,30). The third-order valence-corrected chi connectivity index (χ3v) is 5.47. The van der Waals surface area contributed by atoms with Gasteiger partial charge in [0.1, 0.15) is 11.3 Å². The lowest BCUT2D eigenvalue weighted by Crippen LogP contribution is -2.31. The first-order valence-electron chi connectivity index (χ1n) is 11.1. The number of pyridine rings is 1. The SMILES string of the molecule is CC(C)c1cc(C(=O)OCC(=O)NC(C)c2cc3ccccc3o2)c2cnn(C(C)C)c2n1. The highest BCUT2D eigenvalue weighted by molar-refractivity contribution is 6.03. The summed E-state index contributed by atoms with van der Waals surface area (Å²) in [6.07, 6.45) is 1.62. The molecule has 172 valence electrons. The molecule has 8 nitrogen and oxygen atoms in total. The van der Waals surface area contributed by atoms with Gasteiger partial charge in [0.05, 0.1) is 23.2 Å². The molecule has 4 rings (SSSR count). The summed E-state index contributed by atoms with van der Waals surface area (Å²) in [5.74, 6) is -0.249. The highest BCUT2D eigenvalue weighted by Gasteiger charge is 2.21. The average molecular weight is 449 g/mol. The van der Waals surface area contributed by atoms with E-state index in [-0.39, 0.29) is 18.0 Å². The molecule has 0 bridgehead atoms. The number of carbonyl (C=O) groups excluding carboxylic acids is 2. The number of para-hydroxylation sites is 1. The van der Waals surface area contributed by atoms with Crippen molar-refractivity contribution in [2.75, 3.05) is 6.61 Å². The molecule has 0 spiro atoms. The van der Waals surface area contributed by atoms with E-state index in [1.807, 2.05) is 65.0 Å². The summed E-state index contributed by atoms with van der Waals surface area (Å²) in [7, 11) is 0. The molecule has 0 saturated heterocycles. The van der Waals surface area contributed by atoms with Gasteiger partial charge in [0.25, 0.3) is 5.91 Å². The highest BCUT2D eigenvalue weighted by Crippen LogP contribution is 2.25. The summed E-state index contributed by atoms with van der Waals surface area (Å²) in [5.41, 5.74) is 2.50. The summed E-state index contributed by atoms with van der Waals surface area (Å²) in [5, 5.41) is 8.76. The van der Waals surface area contributed by atoms with E-state index in [9.17, 15) is 9.59 Å². The molecule has 4 aromatic rings. The van der Waals surface area contributed by atoms with Gasteiger partial charge >= 0.3 is 5.97 Å². The zero-order valence-corrected chi connectivity index (χ0v) is 19.5.